The lowest BCUT2D eigenvalue weighted by molar-refractivity contribution is -0.130. The van der Waals surface area contributed by atoms with Crippen molar-refractivity contribution in [2.24, 2.45) is 5.73 Å². The highest BCUT2D eigenvalue weighted by Gasteiger charge is 2.43. The number of ether oxygens (including phenoxy) is 1. The van der Waals surface area contributed by atoms with Crippen LogP contribution in [0, 0.1) is 0 Å². The highest BCUT2D eigenvalue weighted by Crippen LogP contribution is 2.44. The number of hydrogen-bond acceptors (Lipinski definition) is 3. The van der Waals surface area contributed by atoms with Crippen LogP contribution in [-0.2, 0) is 11.2 Å². The Kier molecular flexibility index (Phi) is 3.24. The van der Waals surface area contributed by atoms with Crippen LogP contribution in [0.2, 0.25) is 0 Å². The van der Waals surface area contributed by atoms with Crippen molar-refractivity contribution >= 4 is 5.91 Å². The molecule has 2 atom stereocenters. The SMILES string of the molecule is CC(C)N1C(=O)CC(N)C1c1cccc2c1OC(C)(C)C2. The van der Waals surface area contributed by atoms with E-state index < -0.39 is 0 Å². The van der Waals surface area contributed by atoms with Crippen molar-refractivity contribution in [3.63, 3.8) is 0 Å². The lowest BCUT2D eigenvalue weighted by Gasteiger charge is -2.32. The predicted molar refractivity (Wildman–Crippen MR) is 82.2 cm³/mol. The maximum atomic E-state index is 12.2. The van der Waals surface area contributed by atoms with Crippen molar-refractivity contribution < 1.29 is 9.53 Å². The third kappa shape index (κ3) is 2.31. The van der Waals surface area contributed by atoms with Crippen LogP contribution >= 0.6 is 0 Å². The summed E-state index contributed by atoms with van der Waals surface area (Å²) in [5.41, 5.74) is 8.36. The Morgan fingerprint density at radius 1 is 1.38 bits per heavy atom. The molecule has 0 spiro atoms. The summed E-state index contributed by atoms with van der Waals surface area (Å²) in [4.78, 5) is 14.2. The minimum absolute atomic E-state index is 0.0821. The summed E-state index contributed by atoms with van der Waals surface area (Å²) in [6.07, 6.45) is 1.31. The van der Waals surface area contributed by atoms with E-state index in [1.165, 1.54) is 5.56 Å². The van der Waals surface area contributed by atoms with Gasteiger partial charge in [-0.1, -0.05) is 18.2 Å². The molecule has 1 fully saturated rings. The van der Waals surface area contributed by atoms with Gasteiger partial charge in [-0.15, -0.1) is 0 Å². The van der Waals surface area contributed by atoms with Crippen molar-refractivity contribution in [3.05, 3.63) is 29.3 Å². The molecule has 0 bridgehead atoms. The highest BCUT2D eigenvalue weighted by molar-refractivity contribution is 5.81. The molecule has 2 N–H and O–H groups in total. The van der Waals surface area contributed by atoms with E-state index in [9.17, 15) is 4.79 Å². The number of fused-ring (bicyclic) bond motifs is 1. The Labute approximate surface area is 126 Å². The number of likely N-dealkylation sites (tertiary alicyclic amines) is 1. The van der Waals surface area contributed by atoms with E-state index >= 15 is 0 Å². The number of nitrogens with two attached hydrogens (primary N) is 1. The fourth-order valence-electron chi connectivity index (χ4n) is 3.64. The molecule has 1 amide bonds. The van der Waals surface area contributed by atoms with Gasteiger partial charge in [-0.2, -0.15) is 0 Å². The van der Waals surface area contributed by atoms with E-state index in [1.807, 2.05) is 24.8 Å². The van der Waals surface area contributed by atoms with Gasteiger partial charge in [0.25, 0.3) is 0 Å². The second-order valence-electron chi connectivity index (χ2n) is 7.08. The zero-order chi connectivity index (χ0) is 15.4. The first-order valence-electron chi connectivity index (χ1n) is 7.68. The van der Waals surface area contributed by atoms with Crippen molar-refractivity contribution in [1.82, 2.24) is 4.90 Å². The summed E-state index contributed by atoms with van der Waals surface area (Å²) in [5, 5.41) is 0. The lowest BCUT2D eigenvalue weighted by Crippen LogP contribution is -2.38. The molecule has 3 rings (SSSR count). The molecule has 2 heterocycles. The molecule has 21 heavy (non-hydrogen) atoms. The maximum Gasteiger partial charge on any atom is 0.225 e. The van der Waals surface area contributed by atoms with Crippen LogP contribution < -0.4 is 10.5 Å². The molecule has 1 aromatic rings. The fraction of sp³-hybridized carbons (Fsp3) is 0.588. The number of nitrogens with zero attached hydrogens (tertiary/aromatic N) is 1. The molecule has 4 heteroatoms. The molecule has 4 nitrogen and oxygen atoms in total. The average molecular weight is 288 g/mol. The van der Waals surface area contributed by atoms with Crippen LogP contribution in [-0.4, -0.2) is 28.5 Å². The van der Waals surface area contributed by atoms with E-state index in [2.05, 4.69) is 26.0 Å². The van der Waals surface area contributed by atoms with Crippen LogP contribution in [0.15, 0.2) is 18.2 Å². The number of carbonyl (C=O) groups excluding carboxylic acids is 1. The van der Waals surface area contributed by atoms with E-state index in [-0.39, 0.29) is 29.6 Å². The quantitative estimate of drug-likeness (QED) is 0.909. The first-order chi connectivity index (χ1) is 9.80. The Morgan fingerprint density at radius 3 is 2.76 bits per heavy atom. The van der Waals surface area contributed by atoms with Crippen LogP contribution in [0.25, 0.3) is 0 Å². The summed E-state index contributed by atoms with van der Waals surface area (Å²) < 4.78 is 6.16. The van der Waals surface area contributed by atoms with Gasteiger partial charge in [0.15, 0.2) is 0 Å². The second kappa shape index (κ2) is 4.73. The van der Waals surface area contributed by atoms with Crippen LogP contribution in [0.3, 0.4) is 0 Å². The molecule has 0 saturated carbocycles. The molecule has 0 radical (unpaired) electrons. The number of amides is 1. The van der Waals surface area contributed by atoms with Gasteiger partial charge in [0.05, 0.1) is 6.04 Å². The summed E-state index contributed by atoms with van der Waals surface area (Å²) in [7, 11) is 0. The third-order valence-electron chi connectivity index (χ3n) is 4.40. The van der Waals surface area contributed by atoms with Crippen molar-refractivity contribution in [3.8, 4) is 5.75 Å². The Hall–Kier alpha value is -1.55. The fourth-order valence-corrected chi connectivity index (χ4v) is 3.64. The molecule has 2 unspecified atom stereocenters. The number of para-hydroxylation sites is 1. The monoisotopic (exact) mass is 288 g/mol. The van der Waals surface area contributed by atoms with Gasteiger partial charge >= 0.3 is 0 Å². The molecule has 114 valence electrons. The van der Waals surface area contributed by atoms with Crippen LogP contribution in [0.4, 0.5) is 0 Å². The molecular weight excluding hydrogens is 264 g/mol. The summed E-state index contributed by atoms with van der Waals surface area (Å²) in [5.74, 6) is 1.07. The van der Waals surface area contributed by atoms with Gasteiger partial charge in [0, 0.05) is 30.5 Å². The topological polar surface area (TPSA) is 55.6 Å². The minimum Gasteiger partial charge on any atom is -0.487 e. The Bertz CT molecular complexity index is 580. The molecule has 0 aromatic heterocycles. The van der Waals surface area contributed by atoms with Gasteiger partial charge in [-0.3, -0.25) is 4.79 Å². The average Bonchev–Trinajstić information content (AvgIpc) is 2.83. The van der Waals surface area contributed by atoms with Crippen molar-refractivity contribution in [1.29, 1.82) is 0 Å². The van der Waals surface area contributed by atoms with E-state index in [4.69, 9.17) is 10.5 Å². The molecule has 0 aliphatic carbocycles. The minimum atomic E-state index is -0.187. The number of benzene rings is 1. The van der Waals surface area contributed by atoms with Gasteiger partial charge < -0.3 is 15.4 Å². The van der Waals surface area contributed by atoms with E-state index in [1.54, 1.807) is 0 Å². The van der Waals surface area contributed by atoms with E-state index in [0.717, 1.165) is 17.7 Å². The van der Waals surface area contributed by atoms with Crippen LogP contribution in [0.1, 0.15) is 51.3 Å². The normalized spacial score (nSPS) is 27.1. The lowest BCUT2D eigenvalue weighted by atomic mass is 9.95. The molecule has 1 aromatic carbocycles. The van der Waals surface area contributed by atoms with Crippen molar-refractivity contribution in [2.45, 2.75) is 64.3 Å². The van der Waals surface area contributed by atoms with Gasteiger partial charge in [-0.05, 0) is 33.3 Å². The maximum absolute atomic E-state index is 12.2. The first kappa shape index (κ1) is 14.4. The van der Waals surface area contributed by atoms with Gasteiger partial charge in [-0.25, -0.2) is 0 Å². The molecule has 1 saturated heterocycles. The molecule has 2 aliphatic heterocycles. The standard InChI is InChI=1S/C17H24N2O2/c1-10(2)19-14(20)8-13(18)15(19)12-7-5-6-11-9-17(3,4)21-16(11)12/h5-7,10,13,15H,8-9,18H2,1-4H3. The summed E-state index contributed by atoms with van der Waals surface area (Å²) in [6.45, 7) is 8.27. The predicted octanol–water partition coefficient (Wildman–Crippen LogP) is 2.41. The summed E-state index contributed by atoms with van der Waals surface area (Å²) >= 11 is 0. The largest absolute Gasteiger partial charge is 0.487 e. The third-order valence-corrected chi connectivity index (χ3v) is 4.40. The first-order valence-corrected chi connectivity index (χ1v) is 7.68. The van der Waals surface area contributed by atoms with Crippen LogP contribution in [0.5, 0.6) is 5.75 Å². The Balaban J connectivity index is 2.06. The zero-order valence-electron chi connectivity index (χ0n) is 13.2. The van der Waals surface area contributed by atoms with Crippen molar-refractivity contribution in [2.75, 3.05) is 0 Å². The molecule has 2 aliphatic rings. The molecular formula is C17H24N2O2. The number of carbonyl (C=O) groups is 1. The summed E-state index contributed by atoms with van der Waals surface area (Å²) in [6, 6.07) is 6.10. The van der Waals surface area contributed by atoms with Gasteiger partial charge in [0.2, 0.25) is 5.91 Å². The smallest absolute Gasteiger partial charge is 0.225 e. The highest BCUT2D eigenvalue weighted by atomic mass is 16.5. The number of rotatable bonds is 2. The van der Waals surface area contributed by atoms with Gasteiger partial charge in [0.1, 0.15) is 11.4 Å². The Morgan fingerprint density at radius 2 is 2.10 bits per heavy atom. The zero-order valence-corrected chi connectivity index (χ0v) is 13.2. The second-order valence-corrected chi connectivity index (χ2v) is 7.08. The number of hydrogen-bond donors (Lipinski definition) is 1. The van der Waals surface area contributed by atoms with E-state index in [0.29, 0.717) is 6.42 Å².